The molecule has 1 aromatic rings. The average molecular weight is 950 g/mol. The van der Waals surface area contributed by atoms with E-state index in [1.165, 1.54) is 24.2 Å². The maximum atomic E-state index is 14.4. The van der Waals surface area contributed by atoms with Gasteiger partial charge in [0.15, 0.2) is 0 Å². The number of likely N-dealkylation sites (tertiary alicyclic amines) is 2. The molecule has 2 bridgehead atoms. The molecule has 68 heavy (non-hydrogen) atoms. The van der Waals surface area contributed by atoms with E-state index in [-0.39, 0.29) is 78.7 Å². The molecule has 1 aromatic carbocycles. The Morgan fingerprint density at radius 1 is 0.941 bits per heavy atom. The first-order chi connectivity index (χ1) is 32.4. The fourth-order valence-corrected chi connectivity index (χ4v) is 11.0. The normalized spacial score (nSPS) is 23.3. The van der Waals surface area contributed by atoms with Gasteiger partial charge in [-0.3, -0.25) is 43.4 Å². The zero-order chi connectivity index (χ0) is 49.8. The van der Waals surface area contributed by atoms with Crippen molar-refractivity contribution in [2.75, 3.05) is 53.3 Å². The Morgan fingerprint density at radius 3 is 2.28 bits per heavy atom. The van der Waals surface area contributed by atoms with Crippen LogP contribution in [-0.2, 0) is 49.5 Å². The maximum absolute atomic E-state index is 14.4. The van der Waals surface area contributed by atoms with Crippen LogP contribution in [0.15, 0.2) is 36.4 Å². The largest absolute Gasteiger partial charge is 0.394 e. The summed E-state index contributed by atoms with van der Waals surface area (Å²) in [6, 6.07) is 5.13. The summed E-state index contributed by atoms with van der Waals surface area (Å²) in [4.78, 5) is 99.4. The fraction of sp³-hybridized carbons (Fsp3) is 0.706. The van der Waals surface area contributed by atoms with Crippen molar-refractivity contribution in [3.8, 4) is 0 Å². The number of anilines is 1. The first-order valence-electron chi connectivity index (χ1n) is 24.9. The Hall–Kier alpha value is -4.71. The number of unbranched alkanes of at least 4 members (excludes halogenated alkanes) is 2. The van der Waals surface area contributed by atoms with Crippen molar-refractivity contribution in [2.24, 2.45) is 23.7 Å². The summed E-state index contributed by atoms with van der Waals surface area (Å²) in [5.74, 6) is -2.23. The van der Waals surface area contributed by atoms with Crippen LogP contribution in [0.4, 0.5) is 5.69 Å². The number of aliphatic hydroxyl groups excluding tert-OH is 1. The molecule has 1 saturated carbocycles. The highest BCUT2D eigenvalue weighted by Crippen LogP contribution is 2.41. The summed E-state index contributed by atoms with van der Waals surface area (Å²) >= 11 is 0. The molecule has 378 valence electrons. The van der Waals surface area contributed by atoms with Gasteiger partial charge in [-0.05, 0) is 93.9 Å². The second kappa shape index (κ2) is 25.2. The smallest absolute Gasteiger partial charge is 0.253 e. The molecule has 4 aliphatic rings. The van der Waals surface area contributed by atoms with E-state index in [0.717, 1.165) is 37.7 Å². The summed E-state index contributed by atoms with van der Waals surface area (Å²) in [7, 11) is 6.84. The number of fused-ring (bicyclic) bond motifs is 2. The lowest BCUT2D eigenvalue weighted by atomic mass is 9.89. The number of piperidine rings is 1. The van der Waals surface area contributed by atoms with E-state index in [1.807, 2.05) is 40.8 Å². The lowest BCUT2D eigenvalue weighted by Gasteiger charge is -2.41. The number of aliphatic hydroxyl groups is 1. The van der Waals surface area contributed by atoms with Crippen LogP contribution in [-0.4, -0.2) is 163 Å². The number of imide groups is 1. The van der Waals surface area contributed by atoms with Gasteiger partial charge < -0.3 is 40.3 Å². The topological polar surface area (TPSA) is 207 Å². The molecule has 4 N–H and O–H groups in total. The molecule has 7 amide bonds. The summed E-state index contributed by atoms with van der Waals surface area (Å²) < 4.78 is 12.1. The van der Waals surface area contributed by atoms with Gasteiger partial charge in [0.1, 0.15) is 6.04 Å². The van der Waals surface area contributed by atoms with Gasteiger partial charge in [0.2, 0.25) is 29.5 Å². The number of carbonyl (C=O) groups is 7. The van der Waals surface area contributed by atoms with Gasteiger partial charge in [0.25, 0.3) is 11.8 Å². The molecule has 1 aliphatic carbocycles. The van der Waals surface area contributed by atoms with E-state index in [4.69, 9.17) is 9.47 Å². The first kappa shape index (κ1) is 54.2. The van der Waals surface area contributed by atoms with Gasteiger partial charge >= 0.3 is 0 Å². The Balaban J connectivity index is 1.15. The van der Waals surface area contributed by atoms with Crippen LogP contribution in [0.5, 0.6) is 0 Å². The van der Waals surface area contributed by atoms with Crippen LogP contribution in [0.1, 0.15) is 111 Å². The highest BCUT2D eigenvalue weighted by atomic mass is 16.5. The van der Waals surface area contributed by atoms with E-state index in [0.29, 0.717) is 62.8 Å². The quantitative estimate of drug-likeness (QED) is 0.0779. The van der Waals surface area contributed by atoms with Crippen molar-refractivity contribution < 1.29 is 48.1 Å². The van der Waals surface area contributed by atoms with E-state index in [1.54, 1.807) is 49.1 Å². The average Bonchev–Trinajstić information content (AvgIpc) is 4.13. The highest BCUT2D eigenvalue weighted by Gasteiger charge is 2.49. The van der Waals surface area contributed by atoms with Crippen LogP contribution < -0.4 is 16.0 Å². The van der Waals surface area contributed by atoms with E-state index < -0.39 is 42.3 Å². The number of likely N-dealkylation sites (N-methyl/N-ethyl adjacent to an activating group) is 2. The third-order valence-electron chi connectivity index (χ3n) is 15.1. The molecule has 5 rings (SSSR count). The van der Waals surface area contributed by atoms with Crippen molar-refractivity contribution in [3.05, 3.63) is 42.0 Å². The fourth-order valence-electron chi connectivity index (χ4n) is 11.0. The molecule has 3 heterocycles. The molecule has 3 aliphatic heterocycles. The number of benzene rings is 1. The van der Waals surface area contributed by atoms with Gasteiger partial charge in [-0.15, -0.1) is 0 Å². The minimum Gasteiger partial charge on any atom is -0.394 e. The Bertz CT molecular complexity index is 1940. The molecule has 17 heteroatoms. The minimum atomic E-state index is -0.748. The van der Waals surface area contributed by atoms with E-state index in [2.05, 4.69) is 20.9 Å². The minimum absolute atomic E-state index is 0.000676. The van der Waals surface area contributed by atoms with Crippen LogP contribution in [0.2, 0.25) is 0 Å². The van der Waals surface area contributed by atoms with Crippen molar-refractivity contribution in [3.63, 3.8) is 0 Å². The second-order valence-corrected chi connectivity index (χ2v) is 20.0. The first-order valence-corrected chi connectivity index (χ1v) is 24.9. The SMILES string of the molecule is CC[C@H](C)[C@@H]([C@@H](CC(=O)N1CCCC1[C@H](OC)[C@@H](C)C(=O)NC(CO)Cc1cccc(NC(=O)CCCCCN2C(=O)C=CC2=O)c1)OC)N(C)C(=O)C(NC(=O)[C@@H]1[C@H]2CC[C@H](C2)N1C)C(C)C. The number of carbonyl (C=O) groups excluding carboxylic acids is 7. The van der Waals surface area contributed by atoms with Gasteiger partial charge in [-0.1, -0.05) is 59.6 Å². The lowest BCUT2D eigenvalue weighted by Crippen LogP contribution is -2.60. The van der Waals surface area contributed by atoms with Crippen LogP contribution in [0.25, 0.3) is 0 Å². The zero-order valence-electron chi connectivity index (χ0n) is 41.9. The van der Waals surface area contributed by atoms with Crippen molar-refractivity contribution >= 4 is 47.0 Å². The number of ether oxygens (including phenoxy) is 2. The molecule has 3 fully saturated rings. The standard InChI is InChI=1S/C51H79N7O10/c1-10-32(4)46(56(7)51(66)45(31(2)3)54-50(65)47-35-20-21-38(28-35)55(47)6)40(67-8)29-44(63)57-25-15-18-39(57)48(68-9)33(5)49(64)53-37(30-59)27-34-16-14-17-36(26-34)52-41(60)19-12-11-13-24-58-42(61)22-23-43(58)62/h14,16-17,22-23,26,31-33,35,37-40,45-48,59H,10-13,15,18-21,24-25,27-30H2,1-9H3,(H,52,60)(H,53,64)(H,54,65)/t32-,33+,35-,37?,38+,39?,40+,45?,46-,47-,48+/m0/s1. The van der Waals surface area contributed by atoms with Crippen molar-refractivity contribution in [1.29, 1.82) is 0 Å². The molecule has 3 unspecified atom stereocenters. The summed E-state index contributed by atoms with van der Waals surface area (Å²) in [5.41, 5.74) is 1.38. The second-order valence-electron chi connectivity index (χ2n) is 20.0. The van der Waals surface area contributed by atoms with Crippen LogP contribution in [0.3, 0.4) is 0 Å². The highest BCUT2D eigenvalue weighted by molar-refractivity contribution is 6.12. The molecule has 11 atom stereocenters. The Kier molecular flexibility index (Phi) is 20.1. The number of nitrogens with zero attached hydrogens (tertiary/aromatic N) is 4. The molecule has 0 aromatic heterocycles. The molecular weight excluding hydrogens is 871 g/mol. The number of rotatable bonds is 26. The molecule has 2 saturated heterocycles. The number of methoxy groups -OCH3 is 2. The predicted molar refractivity (Wildman–Crippen MR) is 258 cm³/mol. The predicted octanol–water partition coefficient (Wildman–Crippen LogP) is 3.67. The number of hydrogen-bond donors (Lipinski definition) is 4. The zero-order valence-corrected chi connectivity index (χ0v) is 41.9. The lowest BCUT2D eigenvalue weighted by molar-refractivity contribution is -0.148. The third-order valence-corrected chi connectivity index (χ3v) is 15.1. The molecule has 0 radical (unpaired) electrons. The van der Waals surface area contributed by atoms with Crippen molar-refractivity contribution in [2.45, 2.75) is 160 Å². The summed E-state index contributed by atoms with van der Waals surface area (Å²) in [6.07, 6.45) is 8.85. The van der Waals surface area contributed by atoms with E-state index >= 15 is 0 Å². The van der Waals surface area contributed by atoms with Crippen molar-refractivity contribution in [1.82, 2.24) is 30.2 Å². The van der Waals surface area contributed by atoms with Gasteiger partial charge in [0, 0.05) is 64.7 Å². The molecule has 0 spiro atoms. The summed E-state index contributed by atoms with van der Waals surface area (Å²) in [5, 5.41) is 19.4. The van der Waals surface area contributed by atoms with Gasteiger partial charge in [-0.25, -0.2) is 0 Å². The number of amides is 7. The third kappa shape index (κ3) is 13.3. The maximum Gasteiger partial charge on any atom is 0.253 e. The van der Waals surface area contributed by atoms with E-state index in [9.17, 15) is 38.7 Å². The van der Waals surface area contributed by atoms with Gasteiger partial charge in [-0.2, -0.15) is 0 Å². The molecular formula is C51H79N7O10. The number of hydrogen-bond acceptors (Lipinski definition) is 11. The van der Waals surface area contributed by atoms with Crippen LogP contribution in [0, 0.1) is 23.7 Å². The Labute approximate surface area is 403 Å². The summed E-state index contributed by atoms with van der Waals surface area (Å²) in [6.45, 7) is 10.2. The Morgan fingerprint density at radius 2 is 1.66 bits per heavy atom. The van der Waals surface area contributed by atoms with Crippen LogP contribution >= 0.6 is 0 Å². The van der Waals surface area contributed by atoms with Gasteiger partial charge in [0.05, 0.1) is 55.3 Å². The monoisotopic (exact) mass is 950 g/mol. The number of nitrogens with one attached hydrogen (secondary N) is 3. The molecule has 17 nitrogen and oxygen atoms in total.